The average Bonchev–Trinajstić information content (AvgIpc) is 2.84. The fourth-order valence-corrected chi connectivity index (χ4v) is 2.93. The van der Waals surface area contributed by atoms with Crippen LogP contribution in [0, 0.1) is 0 Å². The number of aromatic nitrogens is 4. The van der Waals surface area contributed by atoms with Crippen molar-refractivity contribution in [3.63, 3.8) is 0 Å². The number of nitrogens with zero attached hydrogens (tertiary/aromatic N) is 4. The lowest BCUT2D eigenvalue weighted by Crippen LogP contribution is -2.31. The summed E-state index contributed by atoms with van der Waals surface area (Å²) in [7, 11) is 1.91. The van der Waals surface area contributed by atoms with E-state index in [1.807, 2.05) is 11.7 Å². The summed E-state index contributed by atoms with van der Waals surface area (Å²) in [6.07, 6.45) is 4.65. The molecule has 21 heavy (non-hydrogen) atoms. The normalized spacial score (nSPS) is 17.4. The van der Waals surface area contributed by atoms with Gasteiger partial charge in [0.25, 0.3) is 5.91 Å². The first-order valence-corrected chi connectivity index (χ1v) is 7.32. The van der Waals surface area contributed by atoms with Crippen molar-refractivity contribution >= 4 is 29.1 Å². The van der Waals surface area contributed by atoms with Gasteiger partial charge in [-0.05, 0) is 25.3 Å². The second kappa shape index (κ2) is 5.61. The van der Waals surface area contributed by atoms with E-state index in [0.717, 1.165) is 30.5 Å². The fraction of sp³-hybridized carbons (Fsp3) is 0.385. The number of rotatable bonds is 2. The van der Waals surface area contributed by atoms with E-state index >= 15 is 0 Å². The predicted molar refractivity (Wildman–Crippen MR) is 78.4 cm³/mol. The van der Waals surface area contributed by atoms with E-state index in [0.29, 0.717) is 0 Å². The molecule has 6 nitrogen and oxygen atoms in total. The Morgan fingerprint density at radius 2 is 2.24 bits per heavy atom. The van der Waals surface area contributed by atoms with Crippen LogP contribution in [0.5, 0.6) is 0 Å². The first kappa shape index (κ1) is 14.3. The smallest absolute Gasteiger partial charge is 0.255 e. The van der Waals surface area contributed by atoms with E-state index in [9.17, 15) is 4.79 Å². The van der Waals surface area contributed by atoms with Crippen LogP contribution in [0.4, 0.5) is 0 Å². The van der Waals surface area contributed by atoms with Crippen molar-refractivity contribution in [2.45, 2.75) is 25.3 Å². The lowest BCUT2D eigenvalue weighted by molar-refractivity contribution is 0.0932. The Labute approximate surface area is 131 Å². The van der Waals surface area contributed by atoms with E-state index in [1.54, 1.807) is 6.20 Å². The van der Waals surface area contributed by atoms with Crippen molar-refractivity contribution in [2.75, 3.05) is 0 Å². The largest absolute Gasteiger partial charge is 0.345 e. The molecule has 2 aromatic rings. The molecule has 0 aromatic carbocycles. The monoisotopic (exact) mass is 325 g/mol. The Morgan fingerprint density at radius 1 is 1.43 bits per heavy atom. The molecule has 2 heterocycles. The molecule has 0 aliphatic heterocycles. The number of hydrogen-bond acceptors (Lipinski definition) is 4. The minimum absolute atomic E-state index is 0.0409. The number of hydrogen-bond donors (Lipinski definition) is 1. The molecule has 0 fully saturated rings. The van der Waals surface area contributed by atoms with E-state index in [1.165, 1.54) is 6.07 Å². The van der Waals surface area contributed by atoms with Crippen LogP contribution in [0.1, 0.15) is 40.5 Å². The number of fused-ring (bicyclic) bond motifs is 1. The summed E-state index contributed by atoms with van der Waals surface area (Å²) in [5, 5.41) is 14.6. The number of halogens is 2. The summed E-state index contributed by atoms with van der Waals surface area (Å²) in [5.41, 5.74) is 2.44. The summed E-state index contributed by atoms with van der Waals surface area (Å²) < 4.78 is 1.85. The van der Waals surface area contributed by atoms with Crippen LogP contribution in [0.15, 0.2) is 12.3 Å². The van der Waals surface area contributed by atoms with Gasteiger partial charge in [0, 0.05) is 18.3 Å². The Balaban J connectivity index is 1.84. The molecule has 0 spiro atoms. The molecule has 1 atom stereocenters. The third-order valence-corrected chi connectivity index (χ3v) is 4.11. The van der Waals surface area contributed by atoms with Gasteiger partial charge in [0.15, 0.2) is 10.3 Å². The fourth-order valence-electron chi connectivity index (χ4n) is 2.60. The lowest BCUT2D eigenvalue weighted by atomic mass is 9.93. The molecule has 0 saturated carbocycles. The second-order valence-electron chi connectivity index (χ2n) is 4.96. The molecule has 1 aliphatic rings. The van der Waals surface area contributed by atoms with Gasteiger partial charge in [-0.1, -0.05) is 23.2 Å². The topological polar surface area (TPSA) is 72.7 Å². The van der Waals surface area contributed by atoms with Gasteiger partial charge in [0.2, 0.25) is 0 Å². The van der Waals surface area contributed by atoms with Gasteiger partial charge in [0.1, 0.15) is 0 Å². The summed E-state index contributed by atoms with van der Waals surface area (Å²) in [4.78, 5) is 12.4. The molecule has 110 valence electrons. The minimum Gasteiger partial charge on any atom is -0.345 e. The van der Waals surface area contributed by atoms with Gasteiger partial charge in [-0.3, -0.25) is 9.48 Å². The molecule has 3 rings (SSSR count). The maximum Gasteiger partial charge on any atom is 0.255 e. The Hall–Kier alpha value is -1.66. The van der Waals surface area contributed by atoms with Crippen LogP contribution in [0.25, 0.3) is 0 Å². The molecule has 0 saturated heterocycles. The number of carbonyl (C=O) groups is 1. The SMILES string of the molecule is Cn1ncc2c1CCCC2NC(=O)c1cc(Cl)nnc1Cl. The molecule has 1 unspecified atom stereocenters. The molecule has 0 bridgehead atoms. The molecule has 8 heteroatoms. The van der Waals surface area contributed by atoms with Crippen LogP contribution in [0.2, 0.25) is 10.3 Å². The van der Waals surface area contributed by atoms with E-state index in [-0.39, 0.29) is 27.8 Å². The number of amides is 1. The van der Waals surface area contributed by atoms with Crippen LogP contribution in [0.3, 0.4) is 0 Å². The Bertz CT molecular complexity index is 700. The Kier molecular flexibility index (Phi) is 3.82. The quantitative estimate of drug-likeness (QED) is 0.919. The second-order valence-corrected chi connectivity index (χ2v) is 5.71. The zero-order chi connectivity index (χ0) is 15.0. The van der Waals surface area contributed by atoms with Crippen molar-refractivity contribution in [3.05, 3.63) is 39.4 Å². The van der Waals surface area contributed by atoms with Gasteiger partial charge in [-0.25, -0.2) is 0 Å². The highest BCUT2D eigenvalue weighted by molar-refractivity contribution is 6.34. The molecular weight excluding hydrogens is 313 g/mol. The highest BCUT2D eigenvalue weighted by atomic mass is 35.5. The molecule has 1 aliphatic carbocycles. The molecule has 1 amide bonds. The van der Waals surface area contributed by atoms with Crippen molar-refractivity contribution in [1.82, 2.24) is 25.3 Å². The summed E-state index contributed by atoms with van der Waals surface area (Å²) in [5.74, 6) is -0.307. The third kappa shape index (κ3) is 2.73. The standard InChI is InChI=1S/C13H13Cl2N5O/c1-20-10-4-2-3-9(8(10)6-16-20)17-13(21)7-5-11(14)18-19-12(7)15/h5-6,9H,2-4H2,1H3,(H,17,21). The first-order chi connectivity index (χ1) is 10.1. The third-order valence-electron chi connectivity index (χ3n) is 3.64. The number of carbonyl (C=O) groups excluding carboxylic acids is 1. The molecule has 2 aromatic heterocycles. The van der Waals surface area contributed by atoms with Crippen LogP contribution >= 0.6 is 23.2 Å². The molecule has 0 radical (unpaired) electrons. The number of nitrogens with one attached hydrogen (secondary N) is 1. The van der Waals surface area contributed by atoms with Crippen LogP contribution in [-0.4, -0.2) is 25.9 Å². The van der Waals surface area contributed by atoms with Crippen LogP contribution in [-0.2, 0) is 13.5 Å². The van der Waals surface area contributed by atoms with Gasteiger partial charge >= 0.3 is 0 Å². The van der Waals surface area contributed by atoms with Gasteiger partial charge in [-0.15, -0.1) is 10.2 Å². The van der Waals surface area contributed by atoms with Gasteiger partial charge in [-0.2, -0.15) is 5.10 Å². The van der Waals surface area contributed by atoms with Gasteiger partial charge in [0.05, 0.1) is 17.8 Å². The van der Waals surface area contributed by atoms with E-state index in [4.69, 9.17) is 23.2 Å². The molecule has 1 N–H and O–H groups in total. The van der Waals surface area contributed by atoms with E-state index < -0.39 is 0 Å². The summed E-state index contributed by atoms with van der Waals surface area (Å²) >= 11 is 11.7. The highest BCUT2D eigenvalue weighted by Gasteiger charge is 2.26. The predicted octanol–water partition coefficient (Wildman–Crippen LogP) is 2.32. The molecular formula is C13H13Cl2N5O. The zero-order valence-corrected chi connectivity index (χ0v) is 12.8. The van der Waals surface area contributed by atoms with Gasteiger partial charge < -0.3 is 5.32 Å². The zero-order valence-electron chi connectivity index (χ0n) is 11.3. The van der Waals surface area contributed by atoms with Crippen molar-refractivity contribution in [2.24, 2.45) is 7.05 Å². The average molecular weight is 326 g/mol. The number of aryl methyl sites for hydroxylation is 1. The minimum atomic E-state index is -0.307. The highest BCUT2D eigenvalue weighted by Crippen LogP contribution is 2.29. The first-order valence-electron chi connectivity index (χ1n) is 6.56. The van der Waals surface area contributed by atoms with Crippen LogP contribution < -0.4 is 5.32 Å². The van der Waals surface area contributed by atoms with E-state index in [2.05, 4.69) is 20.6 Å². The summed E-state index contributed by atoms with van der Waals surface area (Å²) in [6, 6.07) is 1.34. The van der Waals surface area contributed by atoms with Crippen molar-refractivity contribution in [3.8, 4) is 0 Å². The summed E-state index contributed by atoms with van der Waals surface area (Å²) in [6.45, 7) is 0. The lowest BCUT2D eigenvalue weighted by Gasteiger charge is -2.23. The maximum atomic E-state index is 12.4. The maximum absolute atomic E-state index is 12.4. The van der Waals surface area contributed by atoms with Crippen molar-refractivity contribution < 1.29 is 4.79 Å². The van der Waals surface area contributed by atoms with Crippen molar-refractivity contribution in [1.29, 1.82) is 0 Å². The Morgan fingerprint density at radius 3 is 3.05 bits per heavy atom.